The van der Waals surface area contributed by atoms with E-state index in [0.29, 0.717) is 24.9 Å². The first kappa shape index (κ1) is 22.3. The molecule has 1 aliphatic heterocycles. The van der Waals surface area contributed by atoms with Gasteiger partial charge in [0.05, 0.1) is 16.7 Å². The number of hydrogen-bond acceptors (Lipinski definition) is 6. The van der Waals surface area contributed by atoms with E-state index in [1.165, 1.54) is 18.4 Å². The minimum atomic E-state index is -4.67. The number of carbonyl (C=O) groups excluding carboxylic acids is 1. The number of nitro benzene ring substituents is 1. The molecule has 12 heteroatoms. The number of carbonyl (C=O) groups is 1. The van der Waals surface area contributed by atoms with Crippen molar-refractivity contribution in [3.63, 3.8) is 0 Å². The second kappa shape index (κ2) is 9.16. The number of benzene rings is 1. The third kappa shape index (κ3) is 5.60. The minimum Gasteiger partial charge on any atom is -0.465 e. The molecule has 0 spiro atoms. The topological polar surface area (TPSA) is 91.9 Å². The molecule has 0 unspecified atom stereocenters. The third-order valence-electron chi connectivity index (χ3n) is 4.58. The van der Waals surface area contributed by atoms with Gasteiger partial charge in [0.25, 0.3) is 5.69 Å². The summed E-state index contributed by atoms with van der Waals surface area (Å²) in [6.07, 6.45) is -0.437. The van der Waals surface area contributed by atoms with Gasteiger partial charge in [0, 0.05) is 38.3 Å². The third-order valence-corrected chi connectivity index (χ3v) is 4.94. The lowest BCUT2D eigenvalue weighted by Gasteiger charge is -2.36. The maximum Gasteiger partial charge on any atom is 0.416 e. The summed E-state index contributed by atoms with van der Waals surface area (Å²) in [7, 11) is 0. The summed E-state index contributed by atoms with van der Waals surface area (Å²) < 4.78 is 43.7. The van der Waals surface area contributed by atoms with E-state index in [-0.39, 0.29) is 23.9 Å². The molecule has 1 amide bonds. The van der Waals surface area contributed by atoms with Crippen LogP contribution in [0.2, 0.25) is 0 Å². The average Bonchev–Trinajstić information content (AvgIpc) is 3.25. The Morgan fingerprint density at radius 1 is 1.23 bits per heavy atom. The van der Waals surface area contributed by atoms with Gasteiger partial charge in [-0.1, -0.05) is 0 Å². The van der Waals surface area contributed by atoms with Crippen LogP contribution in [0.25, 0.3) is 6.08 Å². The average molecular weight is 454 g/mol. The van der Waals surface area contributed by atoms with Gasteiger partial charge in [-0.15, -0.1) is 0 Å². The number of amides is 1. The van der Waals surface area contributed by atoms with E-state index in [1.807, 2.05) is 0 Å². The van der Waals surface area contributed by atoms with E-state index in [2.05, 4.69) is 5.32 Å². The van der Waals surface area contributed by atoms with Crippen molar-refractivity contribution in [2.75, 3.05) is 31.1 Å². The number of thiocarbonyl (C=S) groups is 1. The number of nitrogens with one attached hydrogen (secondary N) is 1. The summed E-state index contributed by atoms with van der Waals surface area (Å²) in [5.74, 6) is 0.0648. The van der Waals surface area contributed by atoms with Crippen LogP contribution in [0.1, 0.15) is 11.3 Å². The molecule has 1 aliphatic rings. The van der Waals surface area contributed by atoms with Crippen molar-refractivity contribution in [1.82, 2.24) is 10.2 Å². The summed E-state index contributed by atoms with van der Waals surface area (Å²) in [5, 5.41) is 14.1. The molecular weight excluding hydrogens is 437 g/mol. The summed E-state index contributed by atoms with van der Waals surface area (Å²) in [4.78, 5) is 25.8. The monoisotopic (exact) mass is 454 g/mol. The molecule has 2 aromatic rings. The Kier molecular flexibility index (Phi) is 6.59. The van der Waals surface area contributed by atoms with Crippen molar-refractivity contribution in [1.29, 1.82) is 0 Å². The molecule has 1 saturated heterocycles. The highest BCUT2D eigenvalue weighted by Gasteiger charge is 2.34. The molecule has 1 aromatic carbocycles. The maximum atomic E-state index is 12.9. The molecule has 2 heterocycles. The molecule has 31 heavy (non-hydrogen) atoms. The first-order valence-corrected chi connectivity index (χ1v) is 9.48. The summed E-state index contributed by atoms with van der Waals surface area (Å²) in [5.41, 5.74) is -1.58. The molecule has 1 N–H and O–H groups in total. The molecular formula is C19H17F3N4O4S. The molecule has 8 nitrogen and oxygen atoms in total. The largest absolute Gasteiger partial charge is 0.465 e. The molecule has 1 fully saturated rings. The van der Waals surface area contributed by atoms with Gasteiger partial charge < -0.3 is 14.2 Å². The van der Waals surface area contributed by atoms with E-state index >= 15 is 0 Å². The van der Waals surface area contributed by atoms with Crippen LogP contribution in [-0.2, 0) is 11.0 Å². The Labute approximate surface area is 180 Å². The zero-order valence-electron chi connectivity index (χ0n) is 16.0. The van der Waals surface area contributed by atoms with E-state index in [1.54, 1.807) is 21.9 Å². The number of hydrogen-bond donors (Lipinski definition) is 1. The normalized spacial score (nSPS) is 14.7. The van der Waals surface area contributed by atoms with Crippen molar-refractivity contribution < 1.29 is 27.3 Å². The Hall–Kier alpha value is -3.41. The quantitative estimate of drug-likeness (QED) is 0.328. The highest BCUT2D eigenvalue weighted by molar-refractivity contribution is 7.80. The number of anilines is 1. The lowest BCUT2D eigenvalue weighted by atomic mass is 10.1. The molecule has 0 atom stereocenters. The smallest absolute Gasteiger partial charge is 0.416 e. The van der Waals surface area contributed by atoms with Crippen LogP contribution in [0.3, 0.4) is 0 Å². The molecule has 3 rings (SSSR count). The summed E-state index contributed by atoms with van der Waals surface area (Å²) >= 11 is 5.23. The molecule has 0 aliphatic carbocycles. The van der Waals surface area contributed by atoms with Gasteiger partial charge in [-0.05, 0) is 42.6 Å². The van der Waals surface area contributed by atoms with Crippen LogP contribution >= 0.6 is 12.2 Å². The molecule has 0 radical (unpaired) electrons. The van der Waals surface area contributed by atoms with Crippen LogP contribution in [0.5, 0.6) is 0 Å². The number of halogens is 3. The Morgan fingerprint density at radius 2 is 1.94 bits per heavy atom. The van der Waals surface area contributed by atoms with Crippen LogP contribution in [0.4, 0.5) is 24.5 Å². The van der Waals surface area contributed by atoms with Crippen molar-refractivity contribution in [2.24, 2.45) is 0 Å². The van der Waals surface area contributed by atoms with E-state index < -0.39 is 28.3 Å². The Bertz CT molecular complexity index is 1000. The van der Waals surface area contributed by atoms with Gasteiger partial charge in [0.2, 0.25) is 5.91 Å². The highest BCUT2D eigenvalue weighted by atomic mass is 32.1. The van der Waals surface area contributed by atoms with Gasteiger partial charge in [-0.25, -0.2) is 0 Å². The van der Waals surface area contributed by atoms with Gasteiger partial charge in [0.15, 0.2) is 5.11 Å². The molecule has 164 valence electrons. The fraction of sp³-hybridized carbons (Fsp3) is 0.263. The SMILES string of the molecule is O=C(/C=C/c1ccco1)NC(=S)N1CCN(c2ccc(C(F)(F)F)cc2[N+](=O)[O-])CC1. The number of nitro groups is 1. The van der Waals surface area contributed by atoms with Crippen LogP contribution in [-0.4, -0.2) is 47.0 Å². The first-order chi connectivity index (χ1) is 14.6. The van der Waals surface area contributed by atoms with Gasteiger partial charge in [-0.2, -0.15) is 13.2 Å². The van der Waals surface area contributed by atoms with Gasteiger partial charge >= 0.3 is 6.18 Å². The minimum absolute atomic E-state index is 0.106. The lowest BCUT2D eigenvalue weighted by Crippen LogP contribution is -2.52. The second-order valence-corrected chi connectivity index (χ2v) is 6.96. The molecule has 0 saturated carbocycles. The lowest BCUT2D eigenvalue weighted by molar-refractivity contribution is -0.384. The van der Waals surface area contributed by atoms with Crippen molar-refractivity contribution in [3.05, 3.63) is 64.1 Å². The predicted octanol–water partition coefficient (Wildman–Crippen LogP) is 3.44. The number of nitrogens with zero attached hydrogens (tertiary/aromatic N) is 3. The fourth-order valence-electron chi connectivity index (χ4n) is 3.03. The number of rotatable bonds is 4. The first-order valence-electron chi connectivity index (χ1n) is 9.07. The highest BCUT2D eigenvalue weighted by Crippen LogP contribution is 2.36. The van der Waals surface area contributed by atoms with E-state index in [9.17, 15) is 28.1 Å². The molecule has 1 aromatic heterocycles. The van der Waals surface area contributed by atoms with E-state index in [0.717, 1.165) is 12.1 Å². The van der Waals surface area contributed by atoms with E-state index in [4.69, 9.17) is 16.6 Å². The van der Waals surface area contributed by atoms with Crippen molar-refractivity contribution >= 4 is 40.7 Å². The Morgan fingerprint density at radius 3 is 2.52 bits per heavy atom. The Balaban J connectivity index is 1.60. The summed E-state index contributed by atoms with van der Waals surface area (Å²) in [6, 6.07) is 5.84. The van der Waals surface area contributed by atoms with Gasteiger partial charge in [0.1, 0.15) is 11.4 Å². The number of furan rings is 1. The second-order valence-electron chi connectivity index (χ2n) is 6.58. The number of piperazine rings is 1. The van der Waals surface area contributed by atoms with Crippen LogP contribution in [0, 0.1) is 10.1 Å². The van der Waals surface area contributed by atoms with Crippen molar-refractivity contribution in [2.45, 2.75) is 6.18 Å². The summed E-state index contributed by atoms with van der Waals surface area (Å²) in [6.45, 7) is 1.23. The standard InChI is InChI=1S/C19H17F3N4O4S/c20-19(21,22)13-3-5-15(16(12-13)26(28)29)24-7-9-25(10-8-24)18(31)23-17(27)6-4-14-2-1-11-30-14/h1-6,11-12H,7-10H2,(H,23,27,31)/b6-4+. The fourth-order valence-corrected chi connectivity index (χ4v) is 3.32. The maximum absolute atomic E-state index is 12.9. The van der Waals surface area contributed by atoms with Crippen LogP contribution in [0.15, 0.2) is 47.1 Å². The zero-order valence-corrected chi connectivity index (χ0v) is 16.8. The van der Waals surface area contributed by atoms with Gasteiger partial charge in [-0.3, -0.25) is 20.2 Å². The molecule has 0 bridgehead atoms. The predicted molar refractivity (Wildman–Crippen MR) is 110 cm³/mol. The number of alkyl halides is 3. The van der Waals surface area contributed by atoms with Crippen LogP contribution < -0.4 is 10.2 Å². The zero-order chi connectivity index (χ0) is 22.6. The van der Waals surface area contributed by atoms with Crippen molar-refractivity contribution in [3.8, 4) is 0 Å².